The summed E-state index contributed by atoms with van der Waals surface area (Å²) in [5.74, 6) is -3.09. The van der Waals surface area contributed by atoms with Gasteiger partial charge in [-0.2, -0.15) is 8.42 Å². The van der Waals surface area contributed by atoms with Crippen LogP contribution in [0, 0.1) is 0 Å². The van der Waals surface area contributed by atoms with E-state index in [1.807, 2.05) is 0 Å². The van der Waals surface area contributed by atoms with Crippen LogP contribution in [-0.4, -0.2) is 65.6 Å². The Morgan fingerprint density at radius 1 is 0.857 bits per heavy atom. The molecule has 0 aliphatic carbocycles. The fourth-order valence-electron chi connectivity index (χ4n) is 3.20. The molecule has 0 aliphatic heterocycles. The molecule has 0 bridgehead atoms. The normalized spacial score (nSPS) is 12.3. The number of anilines is 1. The van der Waals surface area contributed by atoms with Crippen LogP contribution in [0.4, 0.5) is 17.1 Å². The molecule has 0 unspecified atom stereocenters. The minimum Gasteiger partial charge on any atom is -0.872 e. The van der Waals surface area contributed by atoms with Gasteiger partial charge in [-0.05, 0) is 29.7 Å². The first kappa shape index (κ1) is 41.8. The summed E-state index contributed by atoms with van der Waals surface area (Å²) in [5.41, 5.74) is -0.977. The molecule has 0 heterocycles. The molecule has 3 aromatic rings. The van der Waals surface area contributed by atoms with E-state index < -0.39 is 79.9 Å². The van der Waals surface area contributed by atoms with Crippen molar-refractivity contribution in [2.24, 2.45) is 10.2 Å². The van der Waals surface area contributed by atoms with Gasteiger partial charge in [0.15, 0.2) is 9.84 Å². The van der Waals surface area contributed by atoms with E-state index in [2.05, 4.69) is 19.7 Å². The van der Waals surface area contributed by atoms with Gasteiger partial charge in [0.2, 0.25) is 0 Å². The van der Waals surface area contributed by atoms with E-state index in [-0.39, 0.29) is 111 Å². The van der Waals surface area contributed by atoms with Crippen LogP contribution in [-0.2, 0) is 44.7 Å². The number of hydrogen-bond acceptors (Lipinski definition) is 15. The number of rotatable bonds is 11. The first-order valence-corrected chi connectivity index (χ1v) is 16.1. The van der Waals surface area contributed by atoms with Crippen LogP contribution in [0.1, 0.15) is 0 Å². The minimum absolute atomic E-state index is 0. The number of nitrogens with zero attached hydrogens (tertiary/aromatic N) is 2. The van der Waals surface area contributed by atoms with Crippen LogP contribution in [0.15, 0.2) is 68.6 Å². The zero-order valence-electron chi connectivity index (χ0n) is 22.1. The van der Waals surface area contributed by atoms with E-state index in [0.717, 1.165) is 24.3 Å². The van der Waals surface area contributed by atoms with E-state index in [1.54, 1.807) is 0 Å². The molecule has 42 heavy (non-hydrogen) atoms. The largest absolute Gasteiger partial charge is 1.00 e. The Labute approximate surface area is 307 Å². The van der Waals surface area contributed by atoms with E-state index in [4.69, 9.17) is 4.55 Å². The topological polar surface area (TPSA) is 272 Å². The fourth-order valence-corrected chi connectivity index (χ4v) is 5.70. The molecule has 0 spiro atoms. The van der Waals surface area contributed by atoms with Crippen molar-refractivity contribution < 1.29 is 145 Å². The Morgan fingerprint density at radius 2 is 1.48 bits per heavy atom. The van der Waals surface area contributed by atoms with Gasteiger partial charge in [0.1, 0.15) is 37.5 Å². The van der Waals surface area contributed by atoms with Gasteiger partial charge in [0, 0.05) is 5.39 Å². The van der Waals surface area contributed by atoms with Crippen molar-refractivity contribution in [1.29, 1.82) is 0 Å². The molecule has 0 aromatic heterocycles. The smallest absolute Gasteiger partial charge is 0.872 e. The van der Waals surface area contributed by atoms with Gasteiger partial charge in [-0.15, -0.1) is 10.2 Å². The molecule has 0 aliphatic rings. The minimum atomic E-state index is -5.03. The molecular formula is C19H16N3Na3O13S4. The van der Waals surface area contributed by atoms with Crippen molar-refractivity contribution in [3.8, 4) is 5.75 Å². The second-order valence-electron chi connectivity index (χ2n) is 7.55. The molecule has 2 N–H and O–H groups in total. The number of fused-ring (bicyclic) bond motifs is 1. The Hall–Kier alpha value is -0.240. The van der Waals surface area contributed by atoms with Crippen molar-refractivity contribution in [3.05, 3.63) is 48.5 Å². The van der Waals surface area contributed by atoms with E-state index in [9.17, 15) is 47.9 Å². The van der Waals surface area contributed by atoms with Crippen molar-refractivity contribution in [3.63, 3.8) is 0 Å². The van der Waals surface area contributed by atoms with Crippen molar-refractivity contribution in [1.82, 2.24) is 0 Å². The molecular weight excluding hydrogens is 675 g/mol. The van der Waals surface area contributed by atoms with E-state index in [0.29, 0.717) is 6.07 Å². The van der Waals surface area contributed by atoms with E-state index >= 15 is 0 Å². The third-order valence-corrected chi connectivity index (χ3v) is 8.29. The van der Waals surface area contributed by atoms with Crippen LogP contribution in [0.25, 0.3) is 10.8 Å². The molecule has 0 amide bonds. The predicted octanol–water partition coefficient (Wildman–Crippen LogP) is -8.25. The fraction of sp³-hybridized carbons (Fsp3) is 0.158. The van der Waals surface area contributed by atoms with E-state index in [1.165, 1.54) is 18.2 Å². The molecule has 0 saturated heterocycles. The van der Waals surface area contributed by atoms with Gasteiger partial charge < -0.3 is 19.5 Å². The van der Waals surface area contributed by atoms with Crippen molar-refractivity contribution in [2.75, 3.05) is 23.6 Å². The zero-order chi connectivity index (χ0) is 29.2. The van der Waals surface area contributed by atoms with Crippen LogP contribution >= 0.6 is 0 Å². The van der Waals surface area contributed by atoms with Gasteiger partial charge in [-0.25, -0.2) is 29.4 Å². The Kier molecular flexibility index (Phi) is 16.3. The number of azo groups is 1. The molecule has 0 fully saturated rings. The van der Waals surface area contributed by atoms with Gasteiger partial charge >= 0.3 is 99.1 Å². The summed E-state index contributed by atoms with van der Waals surface area (Å²) < 4.78 is 127. The average molecular weight is 692 g/mol. The van der Waals surface area contributed by atoms with Crippen LogP contribution in [0.2, 0.25) is 0 Å². The molecule has 0 atom stereocenters. The Balaban J connectivity index is 0.00000560. The SMILES string of the molecule is O=S(=O)([O-])CNc1ccc2cc(S(=O)(=O)[O-])cc([O-])c2c1N=Nc1ccccc1S(=O)(=O)CCOS(=O)(=O)O.[Na+].[Na+].[Na+]. The first-order valence-electron chi connectivity index (χ1n) is 10.1. The molecule has 0 radical (unpaired) electrons. The van der Waals surface area contributed by atoms with Gasteiger partial charge in [-0.3, -0.25) is 4.55 Å². The summed E-state index contributed by atoms with van der Waals surface area (Å²) in [5, 5.41) is 22.2. The summed E-state index contributed by atoms with van der Waals surface area (Å²) in [6.45, 7) is -0.932. The summed E-state index contributed by atoms with van der Waals surface area (Å²) in [6, 6.07) is 8.58. The maximum atomic E-state index is 12.8. The van der Waals surface area contributed by atoms with Crippen molar-refractivity contribution >= 4 is 68.3 Å². The predicted molar refractivity (Wildman–Crippen MR) is 130 cm³/mol. The summed E-state index contributed by atoms with van der Waals surface area (Å²) in [4.78, 5) is -1.32. The first-order chi connectivity index (χ1) is 17.9. The monoisotopic (exact) mass is 691 g/mol. The number of hydrogen-bond donors (Lipinski definition) is 2. The van der Waals surface area contributed by atoms with Crippen LogP contribution in [0.5, 0.6) is 5.75 Å². The third-order valence-electron chi connectivity index (χ3n) is 4.80. The third kappa shape index (κ3) is 11.9. The van der Waals surface area contributed by atoms with Gasteiger partial charge in [0.05, 0.1) is 27.8 Å². The van der Waals surface area contributed by atoms with Crippen LogP contribution < -0.4 is 99.1 Å². The summed E-state index contributed by atoms with van der Waals surface area (Å²) >= 11 is 0. The molecule has 212 valence electrons. The van der Waals surface area contributed by atoms with Crippen LogP contribution in [0.3, 0.4) is 0 Å². The quantitative estimate of drug-likeness (QED) is 0.107. The number of benzene rings is 3. The maximum Gasteiger partial charge on any atom is 1.00 e. The number of nitrogens with one attached hydrogen (secondary N) is 1. The zero-order valence-corrected chi connectivity index (χ0v) is 31.4. The van der Waals surface area contributed by atoms with Gasteiger partial charge in [-0.1, -0.05) is 30.0 Å². The Bertz CT molecular complexity index is 1900. The second-order valence-corrected chi connectivity index (χ2v) is 13.5. The Morgan fingerprint density at radius 3 is 2.05 bits per heavy atom. The summed E-state index contributed by atoms with van der Waals surface area (Å²) in [7, 11) is -19.1. The molecule has 0 saturated carbocycles. The molecule has 3 aromatic carbocycles. The maximum absolute atomic E-state index is 12.8. The average Bonchev–Trinajstić information content (AvgIpc) is 2.79. The molecule has 23 heteroatoms. The van der Waals surface area contributed by atoms with Crippen molar-refractivity contribution in [2.45, 2.75) is 9.79 Å². The van der Waals surface area contributed by atoms with Gasteiger partial charge in [0.25, 0.3) is 0 Å². The molecule has 16 nitrogen and oxygen atoms in total. The second kappa shape index (κ2) is 16.4. The number of sulfone groups is 1. The standard InChI is InChI=1S/C19H19N3O13S4.3Na/c23-16-10-13(38(29,30)31)9-12-5-6-15(20-11-37(26,27)28)19(18(12)16)22-21-14-3-1-2-4-17(14)36(24,25)8-7-35-39(32,33)34;;;/h1-6,9-10,20,23H,7-8,11H2,(H,26,27,28)(H,29,30,31)(H,32,33,34);;;/q;3*+1/p-3. The molecule has 3 rings (SSSR count). The summed E-state index contributed by atoms with van der Waals surface area (Å²) in [6.07, 6.45) is 0.